The molecule has 1 aliphatic heterocycles. The normalized spacial score (nSPS) is 23.1. The predicted octanol–water partition coefficient (Wildman–Crippen LogP) is 9.53. The van der Waals surface area contributed by atoms with Gasteiger partial charge in [-0.05, 0) is 97.5 Å². The third kappa shape index (κ3) is 5.33. The van der Waals surface area contributed by atoms with Crippen molar-refractivity contribution in [2.45, 2.75) is 109 Å². The van der Waals surface area contributed by atoms with E-state index < -0.39 is 23.3 Å². The van der Waals surface area contributed by atoms with Crippen LogP contribution in [0.25, 0.3) is 11.1 Å². The van der Waals surface area contributed by atoms with Crippen LogP contribution < -0.4 is 0 Å². The fraction of sp³-hybridized carbons (Fsp3) is 0.576. The highest BCUT2D eigenvalue weighted by atomic mass is 19.2. The highest BCUT2D eigenvalue weighted by Crippen LogP contribution is 2.45. The molecule has 0 amide bonds. The van der Waals surface area contributed by atoms with Crippen molar-refractivity contribution in [3.8, 4) is 11.1 Å². The van der Waals surface area contributed by atoms with Gasteiger partial charge >= 0.3 is 0 Å². The molecule has 0 saturated heterocycles. The Labute approximate surface area is 224 Å². The van der Waals surface area contributed by atoms with Crippen molar-refractivity contribution in [2.24, 2.45) is 5.92 Å². The van der Waals surface area contributed by atoms with Crippen LogP contribution in [0.1, 0.15) is 106 Å². The summed E-state index contributed by atoms with van der Waals surface area (Å²) in [4.78, 5) is 0. The molecule has 0 spiro atoms. The van der Waals surface area contributed by atoms with Gasteiger partial charge in [0.05, 0.1) is 12.7 Å². The van der Waals surface area contributed by atoms with E-state index in [1.165, 1.54) is 24.8 Å². The number of aryl methyl sites for hydroxylation is 3. The van der Waals surface area contributed by atoms with Crippen LogP contribution in [-0.2, 0) is 24.0 Å². The van der Waals surface area contributed by atoms with E-state index >= 15 is 13.2 Å². The maximum atomic E-state index is 15.6. The molecular formula is C33H40F4O. The predicted molar refractivity (Wildman–Crippen MR) is 144 cm³/mol. The summed E-state index contributed by atoms with van der Waals surface area (Å²) in [5.41, 5.74) is 3.06. The Balaban J connectivity index is 1.31. The molecule has 5 heteroatoms. The van der Waals surface area contributed by atoms with Gasteiger partial charge in [0.25, 0.3) is 0 Å². The highest BCUT2D eigenvalue weighted by molar-refractivity contribution is 5.75. The lowest BCUT2D eigenvalue weighted by atomic mass is 9.74. The molecule has 0 bridgehead atoms. The largest absolute Gasteiger partial charge is 0.374 e. The first-order valence-electron chi connectivity index (χ1n) is 14.7. The fourth-order valence-electron chi connectivity index (χ4n) is 6.90. The van der Waals surface area contributed by atoms with Gasteiger partial charge in [-0.25, -0.2) is 17.6 Å². The minimum Gasteiger partial charge on any atom is -0.374 e. The molecule has 1 heterocycles. The van der Waals surface area contributed by atoms with E-state index in [-0.39, 0.29) is 17.0 Å². The highest BCUT2D eigenvalue weighted by Gasteiger charge is 2.33. The summed E-state index contributed by atoms with van der Waals surface area (Å²) in [6, 6.07) is 3.38. The summed E-state index contributed by atoms with van der Waals surface area (Å²) in [5.74, 6) is -3.53. The Bertz CT molecular complexity index is 1190. The molecule has 1 unspecified atom stereocenters. The van der Waals surface area contributed by atoms with Crippen molar-refractivity contribution >= 4 is 0 Å². The number of benzene rings is 2. The minimum absolute atomic E-state index is 0.0622. The molecule has 2 aliphatic carbocycles. The van der Waals surface area contributed by atoms with E-state index in [2.05, 4.69) is 13.0 Å². The average molecular weight is 529 g/mol. The second kappa shape index (κ2) is 11.9. The quantitative estimate of drug-likeness (QED) is 0.188. The van der Waals surface area contributed by atoms with Crippen LogP contribution in [0.4, 0.5) is 17.6 Å². The van der Waals surface area contributed by atoms with Gasteiger partial charge in [0, 0.05) is 11.1 Å². The van der Waals surface area contributed by atoms with E-state index in [4.69, 9.17) is 4.74 Å². The zero-order valence-corrected chi connectivity index (χ0v) is 22.8. The maximum absolute atomic E-state index is 15.6. The van der Waals surface area contributed by atoms with Crippen molar-refractivity contribution in [2.75, 3.05) is 6.61 Å². The third-order valence-corrected chi connectivity index (χ3v) is 9.06. The molecule has 206 valence electrons. The van der Waals surface area contributed by atoms with Crippen LogP contribution in [-0.4, -0.2) is 12.7 Å². The van der Waals surface area contributed by atoms with E-state index in [0.717, 1.165) is 38.5 Å². The van der Waals surface area contributed by atoms with Gasteiger partial charge < -0.3 is 4.74 Å². The Kier molecular flexibility index (Phi) is 8.62. The number of rotatable bonds is 8. The van der Waals surface area contributed by atoms with Gasteiger partial charge in [0.1, 0.15) is 0 Å². The summed E-state index contributed by atoms with van der Waals surface area (Å²) in [7, 11) is 0. The molecule has 1 nitrogen and oxygen atoms in total. The van der Waals surface area contributed by atoms with Gasteiger partial charge in [-0.3, -0.25) is 0 Å². The number of fused-ring (bicyclic) bond motifs is 3. The topological polar surface area (TPSA) is 9.23 Å². The summed E-state index contributed by atoms with van der Waals surface area (Å²) >= 11 is 0. The second-order valence-corrected chi connectivity index (χ2v) is 11.6. The van der Waals surface area contributed by atoms with Crippen LogP contribution in [0.5, 0.6) is 0 Å². The molecular weight excluding hydrogens is 488 g/mol. The molecule has 3 aliphatic rings. The Morgan fingerprint density at radius 3 is 2.05 bits per heavy atom. The molecule has 1 fully saturated rings. The van der Waals surface area contributed by atoms with Crippen LogP contribution in [0.15, 0.2) is 23.8 Å². The number of halogens is 4. The van der Waals surface area contributed by atoms with Crippen LogP contribution in [0.3, 0.4) is 0 Å². The molecule has 2 aromatic carbocycles. The minimum atomic E-state index is -1.05. The lowest BCUT2D eigenvalue weighted by molar-refractivity contribution is 0.0473. The Morgan fingerprint density at radius 2 is 1.42 bits per heavy atom. The molecule has 0 aromatic heterocycles. The first-order valence-corrected chi connectivity index (χ1v) is 14.7. The zero-order valence-electron chi connectivity index (χ0n) is 22.8. The van der Waals surface area contributed by atoms with Crippen LogP contribution in [0, 0.1) is 29.2 Å². The Morgan fingerprint density at radius 1 is 0.763 bits per heavy atom. The second-order valence-electron chi connectivity index (χ2n) is 11.6. The lowest BCUT2D eigenvalue weighted by Gasteiger charge is -2.34. The first kappa shape index (κ1) is 27.4. The summed E-state index contributed by atoms with van der Waals surface area (Å²) in [5, 5.41) is 0. The zero-order chi connectivity index (χ0) is 26.8. The van der Waals surface area contributed by atoms with Crippen molar-refractivity contribution in [1.29, 1.82) is 0 Å². The van der Waals surface area contributed by atoms with Crippen molar-refractivity contribution in [1.82, 2.24) is 0 Å². The number of hydrogen-bond acceptors (Lipinski definition) is 1. The van der Waals surface area contributed by atoms with Crippen molar-refractivity contribution < 1.29 is 22.3 Å². The Hall–Kier alpha value is -2.14. The van der Waals surface area contributed by atoms with E-state index in [0.29, 0.717) is 66.6 Å². The summed E-state index contributed by atoms with van der Waals surface area (Å²) in [6.45, 7) is 4.81. The number of unbranched alkanes of at least 4 members (excludes halogenated alkanes) is 2. The first-order chi connectivity index (χ1) is 18.4. The third-order valence-electron chi connectivity index (χ3n) is 9.06. The summed E-state index contributed by atoms with van der Waals surface area (Å²) in [6.07, 6.45) is 14.0. The molecule has 5 rings (SSSR count). The molecule has 1 saturated carbocycles. The van der Waals surface area contributed by atoms with Gasteiger partial charge in [0.2, 0.25) is 0 Å². The number of hydrogen-bond donors (Lipinski definition) is 0. The van der Waals surface area contributed by atoms with Gasteiger partial charge in [-0.15, -0.1) is 0 Å². The summed E-state index contributed by atoms with van der Waals surface area (Å²) < 4.78 is 67.1. The SMILES string of the molecule is CCCCCC1CC=C(C2CCC(c3cc4c(c(F)c3F)-c3c(cc(CCC)c(F)c3F)CC4)CC2)CO1. The van der Waals surface area contributed by atoms with E-state index in [1.54, 1.807) is 12.1 Å². The number of ether oxygens (including phenoxy) is 1. The maximum Gasteiger partial charge on any atom is 0.167 e. The van der Waals surface area contributed by atoms with Gasteiger partial charge in [-0.1, -0.05) is 57.7 Å². The molecule has 0 radical (unpaired) electrons. The van der Waals surface area contributed by atoms with Crippen LogP contribution >= 0.6 is 0 Å². The molecule has 2 aromatic rings. The molecule has 1 atom stereocenters. The smallest absolute Gasteiger partial charge is 0.167 e. The lowest BCUT2D eigenvalue weighted by Crippen LogP contribution is -2.25. The van der Waals surface area contributed by atoms with E-state index in [9.17, 15) is 4.39 Å². The fourth-order valence-corrected chi connectivity index (χ4v) is 6.90. The molecule has 0 N–H and O–H groups in total. The standard InChI is InChI=1S/C33H40F4O/c1-3-5-6-8-26-16-15-25(19-38-26)20-9-11-21(12-10-20)27-18-23-14-13-22-17-24(7-4-2)30(34)32(36)28(22)29(23)33(37)31(27)35/h15,17-18,20-21,26H,3-14,16,19H2,1-2H3. The van der Waals surface area contributed by atoms with Gasteiger partial charge in [-0.2, -0.15) is 0 Å². The molecule has 38 heavy (non-hydrogen) atoms. The van der Waals surface area contributed by atoms with Crippen LogP contribution in [0.2, 0.25) is 0 Å². The monoisotopic (exact) mass is 528 g/mol. The van der Waals surface area contributed by atoms with Crippen molar-refractivity contribution in [3.05, 3.63) is 69.3 Å². The van der Waals surface area contributed by atoms with Gasteiger partial charge in [0.15, 0.2) is 23.3 Å². The van der Waals surface area contributed by atoms with E-state index in [1.807, 2.05) is 6.92 Å². The average Bonchev–Trinajstić information content (AvgIpc) is 2.94. The van der Waals surface area contributed by atoms with Crippen molar-refractivity contribution in [3.63, 3.8) is 0 Å².